The summed E-state index contributed by atoms with van der Waals surface area (Å²) in [5, 5.41) is 2.56. The van der Waals surface area contributed by atoms with Gasteiger partial charge in [-0.3, -0.25) is 0 Å². The van der Waals surface area contributed by atoms with Crippen LogP contribution in [0.3, 0.4) is 0 Å². The quantitative estimate of drug-likeness (QED) is 0.786. The van der Waals surface area contributed by atoms with Crippen molar-refractivity contribution >= 4 is 18.1 Å². The SMILES string of the molecule is C=Cc1ccc(C[C@H](NC(=O)OCc2ccccc2)C(=O)OC)cc1. The smallest absolute Gasteiger partial charge is 0.408 e. The van der Waals surface area contributed by atoms with Crippen molar-refractivity contribution in [1.29, 1.82) is 0 Å². The molecule has 5 heteroatoms. The van der Waals surface area contributed by atoms with E-state index in [0.29, 0.717) is 6.42 Å². The molecule has 5 nitrogen and oxygen atoms in total. The van der Waals surface area contributed by atoms with Crippen LogP contribution in [-0.4, -0.2) is 25.2 Å². The van der Waals surface area contributed by atoms with Crippen molar-refractivity contribution in [2.45, 2.75) is 19.1 Å². The van der Waals surface area contributed by atoms with Gasteiger partial charge in [0.15, 0.2) is 0 Å². The van der Waals surface area contributed by atoms with Crippen molar-refractivity contribution < 1.29 is 19.1 Å². The molecule has 0 saturated carbocycles. The second-order valence-corrected chi connectivity index (χ2v) is 5.43. The summed E-state index contributed by atoms with van der Waals surface area (Å²) < 4.78 is 9.92. The molecule has 0 aliphatic carbocycles. The van der Waals surface area contributed by atoms with E-state index in [0.717, 1.165) is 16.7 Å². The van der Waals surface area contributed by atoms with Crippen LogP contribution < -0.4 is 5.32 Å². The van der Waals surface area contributed by atoms with E-state index in [1.54, 1.807) is 6.08 Å². The van der Waals surface area contributed by atoms with Crippen LogP contribution in [0, 0.1) is 0 Å². The number of alkyl carbamates (subject to hydrolysis) is 1. The number of rotatable bonds is 7. The highest BCUT2D eigenvalue weighted by atomic mass is 16.6. The van der Waals surface area contributed by atoms with Gasteiger partial charge in [0, 0.05) is 6.42 Å². The number of esters is 1. The van der Waals surface area contributed by atoms with E-state index in [9.17, 15) is 9.59 Å². The first kappa shape index (κ1) is 18.3. The van der Waals surface area contributed by atoms with E-state index < -0.39 is 18.1 Å². The average molecular weight is 339 g/mol. The maximum Gasteiger partial charge on any atom is 0.408 e. The Morgan fingerprint density at radius 2 is 1.76 bits per heavy atom. The zero-order valence-corrected chi connectivity index (χ0v) is 14.1. The molecule has 0 aliphatic heterocycles. The Morgan fingerprint density at radius 1 is 1.08 bits per heavy atom. The Kier molecular flexibility index (Phi) is 6.77. The molecule has 0 radical (unpaired) electrons. The van der Waals surface area contributed by atoms with E-state index in [-0.39, 0.29) is 6.61 Å². The molecule has 0 aliphatic rings. The predicted octanol–water partition coefficient (Wildman–Crippen LogP) is 3.34. The van der Waals surface area contributed by atoms with Crippen LogP contribution in [-0.2, 0) is 27.3 Å². The van der Waals surface area contributed by atoms with Gasteiger partial charge in [-0.2, -0.15) is 0 Å². The number of hydrogen-bond acceptors (Lipinski definition) is 4. The van der Waals surface area contributed by atoms with Gasteiger partial charge in [-0.1, -0.05) is 67.3 Å². The average Bonchev–Trinajstić information content (AvgIpc) is 2.66. The molecule has 0 fully saturated rings. The fourth-order valence-electron chi connectivity index (χ4n) is 2.27. The summed E-state index contributed by atoms with van der Waals surface area (Å²) in [5.41, 5.74) is 2.74. The van der Waals surface area contributed by atoms with E-state index in [1.165, 1.54) is 7.11 Å². The van der Waals surface area contributed by atoms with Crippen LogP contribution in [0.1, 0.15) is 16.7 Å². The van der Waals surface area contributed by atoms with Gasteiger partial charge in [0.05, 0.1) is 7.11 Å². The highest BCUT2D eigenvalue weighted by molar-refractivity contribution is 5.81. The standard InChI is InChI=1S/C20H21NO4/c1-3-15-9-11-16(12-10-15)13-18(19(22)24-2)21-20(23)25-14-17-7-5-4-6-8-17/h3-12,18H,1,13-14H2,2H3,(H,21,23)/t18-/m0/s1. The van der Waals surface area contributed by atoms with Crippen LogP contribution in [0.5, 0.6) is 0 Å². The molecule has 1 amide bonds. The summed E-state index contributed by atoms with van der Waals surface area (Å²) in [4.78, 5) is 23.9. The summed E-state index contributed by atoms with van der Waals surface area (Å²) >= 11 is 0. The van der Waals surface area contributed by atoms with Crippen LogP contribution in [0.25, 0.3) is 6.08 Å². The number of nitrogens with one attached hydrogen (secondary N) is 1. The minimum absolute atomic E-state index is 0.134. The molecule has 1 N–H and O–H groups in total. The third-order valence-corrected chi connectivity index (χ3v) is 3.65. The molecular weight excluding hydrogens is 318 g/mol. The Labute approximate surface area is 147 Å². The number of benzene rings is 2. The first-order valence-corrected chi connectivity index (χ1v) is 7.89. The van der Waals surface area contributed by atoms with Crippen molar-refractivity contribution in [3.05, 3.63) is 77.9 Å². The minimum Gasteiger partial charge on any atom is -0.467 e. The lowest BCUT2D eigenvalue weighted by Gasteiger charge is -2.16. The molecule has 0 bridgehead atoms. The number of methoxy groups -OCH3 is 1. The van der Waals surface area contributed by atoms with Crippen molar-refractivity contribution in [3.63, 3.8) is 0 Å². The largest absolute Gasteiger partial charge is 0.467 e. The van der Waals surface area contributed by atoms with Crippen molar-refractivity contribution in [2.24, 2.45) is 0 Å². The fraction of sp³-hybridized carbons (Fsp3) is 0.200. The molecule has 0 saturated heterocycles. The van der Waals surface area contributed by atoms with Gasteiger partial charge in [0.25, 0.3) is 0 Å². The molecule has 0 unspecified atom stereocenters. The summed E-state index contributed by atoms with van der Waals surface area (Å²) in [6, 6.07) is 16.0. The lowest BCUT2D eigenvalue weighted by atomic mass is 10.0. The molecule has 130 valence electrons. The van der Waals surface area contributed by atoms with Gasteiger partial charge in [-0.15, -0.1) is 0 Å². The summed E-state index contributed by atoms with van der Waals surface area (Å²) in [7, 11) is 1.28. The molecule has 0 aromatic heterocycles. The summed E-state index contributed by atoms with van der Waals surface area (Å²) in [5.74, 6) is -0.524. The molecule has 25 heavy (non-hydrogen) atoms. The number of ether oxygens (including phenoxy) is 2. The lowest BCUT2D eigenvalue weighted by molar-refractivity contribution is -0.143. The predicted molar refractivity (Wildman–Crippen MR) is 95.8 cm³/mol. The lowest BCUT2D eigenvalue weighted by Crippen LogP contribution is -2.43. The minimum atomic E-state index is -0.817. The Bertz CT molecular complexity index is 710. The van der Waals surface area contributed by atoms with Crippen molar-refractivity contribution in [3.8, 4) is 0 Å². The van der Waals surface area contributed by atoms with Gasteiger partial charge in [0.2, 0.25) is 0 Å². The molecule has 2 aromatic carbocycles. The molecule has 2 aromatic rings. The van der Waals surface area contributed by atoms with E-state index in [4.69, 9.17) is 9.47 Å². The topological polar surface area (TPSA) is 64.6 Å². The third kappa shape index (κ3) is 5.80. The van der Waals surface area contributed by atoms with Gasteiger partial charge in [0.1, 0.15) is 12.6 Å². The zero-order valence-electron chi connectivity index (χ0n) is 14.1. The number of amides is 1. The van der Waals surface area contributed by atoms with Crippen LogP contribution in [0.4, 0.5) is 4.79 Å². The van der Waals surface area contributed by atoms with Gasteiger partial charge in [-0.05, 0) is 16.7 Å². The number of carbonyl (C=O) groups excluding carboxylic acids is 2. The van der Waals surface area contributed by atoms with Gasteiger partial charge >= 0.3 is 12.1 Å². The highest BCUT2D eigenvalue weighted by Gasteiger charge is 2.22. The Hall–Kier alpha value is -3.08. The molecule has 2 rings (SSSR count). The zero-order chi connectivity index (χ0) is 18.1. The van der Waals surface area contributed by atoms with Gasteiger partial charge in [-0.25, -0.2) is 9.59 Å². The Balaban J connectivity index is 1.95. The van der Waals surface area contributed by atoms with Gasteiger partial charge < -0.3 is 14.8 Å². The molecule has 0 heterocycles. The third-order valence-electron chi connectivity index (χ3n) is 3.65. The van der Waals surface area contributed by atoms with E-state index in [1.807, 2.05) is 54.6 Å². The van der Waals surface area contributed by atoms with Crippen LogP contribution >= 0.6 is 0 Å². The Morgan fingerprint density at radius 3 is 2.36 bits per heavy atom. The summed E-state index contributed by atoms with van der Waals surface area (Å²) in [6.07, 6.45) is 1.38. The fourth-order valence-corrected chi connectivity index (χ4v) is 2.27. The second-order valence-electron chi connectivity index (χ2n) is 5.43. The van der Waals surface area contributed by atoms with Crippen LogP contribution in [0.2, 0.25) is 0 Å². The van der Waals surface area contributed by atoms with Crippen molar-refractivity contribution in [2.75, 3.05) is 7.11 Å². The van der Waals surface area contributed by atoms with Crippen LogP contribution in [0.15, 0.2) is 61.2 Å². The number of hydrogen-bond donors (Lipinski definition) is 1. The van der Waals surface area contributed by atoms with Crippen molar-refractivity contribution in [1.82, 2.24) is 5.32 Å². The molecule has 0 spiro atoms. The highest BCUT2D eigenvalue weighted by Crippen LogP contribution is 2.09. The normalized spacial score (nSPS) is 11.2. The monoisotopic (exact) mass is 339 g/mol. The maximum absolute atomic E-state index is 12.0. The van der Waals surface area contributed by atoms with E-state index in [2.05, 4.69) is 11.9 Å². The molecular formula is C20H21NO4. The summed E-state index contributed by atoms with van der Waals surface area (Å²) in [6.45, 7) is 3.83. The second kappa shape index (κ2) is 9.27. The first-order chi connectivity index (χ1) is 12.1. The maximum atomic E-state index is 12.0. The molecule has 1 atom stereocenters. The van der Waals surface area contributed by atoms with E-state index >= 15 is 0 Å². The first-order valence-electron chi connectivity index (χ1n) is 7.89. The number of carbonyl (C=O) groups is 2.